The topological polar surface area (TPSA) is 54.4 Å². The molecule has 1 atom stereocenters. The first-order valence-electron chi connectivity index (χ1n) is 5.44. The highest BCUT2D eigenvalue weighted by molar-refractivity contribution is 7.85. The van der Waals surface area contributed by atoms with E-state index in [2.05, 4.69) is 6.92 Å². The fourth-order valence-electron chi connectivity index (χ4n) is 1.88. The Morgan fingerprint density at radius 3 is 2.50 bits per heavy atom. The van der Waals surface area contributed by atoms with Gasteiger partial charge in [-0.2, -0.15) is 8.42 Å². The smallest absolute Gasteiger partial charge is 0.282 e. The van der Waals surface area contributed by atoms with Gasteiger partial charge >= 0.3 is 0 Å². The van der Waals surface area contributed by atoms with Gasteiger partial charge in [-0.1, -0.05) is 38.0 Å². The number of rotatable bonds is 4. The van der Waals surface area contributed by atoms with E-state index in [1.807, 2.05) is 19.9 Å². The molecule has 1 N–H and O–H groups in total. The second kappa shape index (κ2) is 4.97. The first kappa shape index (κ1) is 13.2. The lowest BCUT2D eigenvalue weighted by atomic mass is 9.95. The molecular formula is C12H18O3S. The van der Waals surface area contributed by atoms with Crippen LogP contribution in [0.2, 0.25) is 0 Å². The molecule has 0 heterocycles. The molecule has 0 saturated heterocycles. The van der Waals surface area contributed by atoms with E-state index < -0.39 is 10.1 Å². The second-order valence-electron chi connectivity index (χ2n) is 4.21. The van der Waals surface area contributed by atoms with Crippen LogP contribution < -0.4 is 0 Å². The summed E-state index contributed by atoms with van der Waals surface area (Å²) in [6.45, 7) is 5.95. The molecule has 1 aromatic rings. The summed E-state index contributed by atoms with van der Waals surface area (Å²) in [5.41, 5.74) is 1.72. The molecule has 0 aliphatic carbocycles. The summed E-state index contributed by atoms with van der Waals surface area (Å²) in [5, 5.41) is 0. The van der Waals surface area contributed by atoms with Crippen molar-refractivity contribution in [3.63, 3.8) is 0 Å². The zero-order chi connectivity index (χ0) is 12.3. The van der Waals surface area contributed by atoms with Crippen LogP contribution in [0, 0.1) is 6.92 Å². The van der Waals surface area contributed by atoms with Crippen LogP contribution in [0.5, 0.6) is 0 Å². The van der Waals surface area contributed by atoms with Crippen LogP contribution in [-0.2, 0) is 10.1 Å². The second-order valence-corrected chi connectivity index (χ2v) is 5.60. The third-order valence-corrected chi connectivity index (χ3v) is 3.62. The summed E-state index contributed by atoms with van der Waals surface area (Å²) < 4.78 is 31.6. The van der Waals surface area contributed by atoms with E-state index in [1.165, 1.54) is 6.07 Å². The van der Waals surface area contributed by atoms with Crippen molar-refractivity contribution in [1.82, 2.24) is 0 Å². The van der Waals surface area contributed by atoms with Gasteiger partial charge in [0.2, 0.25) is 0 Å². The van der Waals surface area contributed by atoms with Crippen LogP contribution in [-0.4, -0.2) is 13.0 Å². The van der Waals surface area contributed by atoms with Crippen molar-refractivity contribution in [1.29, 1.82) is 0 Å². The minimum absolute atomic E-state index is 0.0408. The molecule has 0 amide bonds. The molecule has 3 nitrogen and oxygen atoms in total. The normalized spacial score (nSPS) is 13.8. The van der Waals surface area contributed by atoms with Gasteiger partial charge in [0.15, 0.2) is 0 Å². The van der Waals surface area contributed by atoms with Crippen molar-refractivity contribution >= 4 is 10.1 Å². The first-order valence-corrected chi connectivity index (χ1v) is 6.88. The maximum atomic E-state index is 11.2. The Morgan fingerprint density at radius 1 is 1.38 bits per heavy atom. The number of hydrogen-bond donors (Lipinski definition) is 1. The van der Waals surface area contributed by atoms with E-state index in [1.54, 1.807) is 6.07 Å². The fraction of sp³-hybridized carbons (Fsp3) is 0.500. The van der Waals surface area contributed by atoms with Crippen molar-refractivity contribution in [2.24, 2.45) is 0 Å². The van der Waals surface area contributed by atoms with Crippen LogP contribution in [0.3, 0.4) is 0 Å². The molecule has 90 valence electrons. The van der Waals surface area contributed by atoms with E-state index >= 15 is 0 Å². The first-order chi connectivity index (χ1) is 7.36. The molecule has 0 aliphatic rings. The quantitative estimate of drug-likeness (QED) is 0.825. The Bertz CT molecular complexity index is 463. The minimum atomic E-state index is -4.11. The van der Waals surface area contributed by atoms with Crippen molar-refractivity contribution < 1.29 is 13.0 Å². The lowest BCUT2D eigenvalue weighted by Gasteiger charge is -2.14. The van der Waals surface area contributed by atoms with E-state index in [4.69, 9.17) is 4.55 Å². The summed E-state index contributed by atoms with van der Waals surface area (Å²) in [4.78, 5) is 0.0408. The average molecular weight is 242 g/mol. The zero-order valence-electron chi connectivity index (χ0n) is 9.90. The summed E-state index contributed by atoms with van der Waals surface area (Å²) in [5.74, 6) is 0.141. The predicted octanol–water partition coefficient (Wildman–Crippen LogP) is 3.15. The van der Waals surface area contributed by atoms with Crippen LogP contribution in [0.1, 0.15) is 43.7 Å². The molecule has 0 aliphatic heterocycles. The van der Waals surface area contributed by atoms with Crippen LogP contribution in [0.4, 0.5) is 0 Å². The minimum Gasteiger partial charge on any atom is -0.282 e. The predicted molar refractivity (Wildman–Crippen MR) is 64.3 cm³/mol. The molecule has 1 rings (SSSR count). The van der Waals surface area contributed by atoms with Crippen molar-refractivity contribution in [3.8, 4) is 0 Å². The Labute approximate surface area is 97.2 Å². The van der Waals surface area contributed by atoms with Crippen molar-refractivity contribution in [2.75, 3.05) is 0 Å². The van der Waals surface area contributed by atoms with Crippen molar-refractivity contribution in [2.45, 2.75) is 44.4 Å². The van der Waals surface area contributed by atoms with Gasteiger partial charge in [-0.05, 0) is 30.9 Å². The van der Waals surface area contributed by atoms with E-state index in [-0.39, 0.29) is 10.8 Å². The third kappa shape index (κ3) is 3.06. The standard InChI is InChI=1S/C12H18O3S/c1-4-5-10(3)11-8-9(2)6-7-12(11)16(13,14)15/h6-8,10H,4-5H2,1-3H3,(H,13,14,15)/t10-/m0/s1. The number of aryl methyl sites for hydroxylation is 1. The molecule has 4 heteroatoms. The summed E-state index contributed by atoms with van der Waals surface area (Å²) in [6, 6.07) is 5.01. The van der Waals surface area contributed by atoms with Gasteiger partial charge in [0, 0.05) is 0 Å². The summed E-state index contributed by atoms with van der Waals surface area (Å²) in [6.07, 6.45) is 1.89. The summed E-state index contributed by atoms with van der Waals surface area (Å²) >= 11 is 0. The molecular weight excluding hydrogens is 224 g/mol. The summed E-state index contributed by atoms with van der Waals surface area (Å²) in [7, 11) is -4.11. The average Bonchev–Trinajstić information content (AvgIpc) is 2.16. The maximum absolute atomic E-state index is 11.2. The highest BCUT2D eigenvalue weighted by Gasteiger charge is 2.18. The fourth-order valence-corrected chi connectivity index (χ4v) is 2.67. The number of benzene rings is 1. The molecule has 0 aromatic heterocycles. The largest absolute Gasteiger partial charge is 0.294 e. The van der Waals surface area contributed by atoms with Gasteiger partial charge in [0.1, 0.15) is 0 Å². The highest BCUT2D eigenvalue weighted by Crippen LogP contribution is 2.28. The van der Waals surface area contributed by atoms with Gasteiger partial charge < -0.3 is 0 Å². The third-order valence-electron chi connectivity index (χ3n) is 2.70. The van der Waals surface area contributed by atoms with Crippen LogP contribution in [0.15, 0.2) is 23.1 Å². The van der Waals surface area contributed by atoms with Gasteiger partial charge in [0.05, 0.1) is 4.90 Å². The van der Waals surface area contributed by atoms with Gasteiger partial charge in [-0.15, -0.1) is 0 Å². The van der Waals surface area contributed by atoms with Crippen molar-refractivity contribution in [3.05, 3.63) is 29.3 Å². The lowest BCUT2D eigenvalue weighted by molar-refractivity contribution is 0.480. The monoisotopic (exact) mass is 242 g/mol. The molecule has 0 bridgehead atoms. The molecule has 1 aromatic carbocycles. The Kier molecular flexibility index (Phi) is 4.10. The van der Waals surface area contributed by atoms with Crippen LogP contribution >= 0.6 is 0 Å². The molecule has 0 radical (unpaired) electrons. The Hall–Kier alpha value is -0.870. The molecule has 16 heavy (non-hydrogen) atoms. The van der Waals surface area contributed by atoms with Gasteiger partial charge in [0.25, 0.3) is 10.1 Å². The molecule has 0 fully saturated rings. The zero-order valence-corrected chi connectivity index (χ0v) is 10.7. The van der Waals surface area contributed by atoms with E-state index in [9.17, 15) is 8.42 Å². The van der Waals surface area contributed by atoms with Gasteiger partial charge in [-0.25, -0.2) is 0 Å². The molecule has 0 saturated carbocycles. The highest BCUT2D eigenvalue weighted by atomic mass is 32.2. The SMILES string of the molecule is CCC[C@H](C)c1cc(C)ccc1S(=O)(=O)O. The van der Waals surface area contributed by atoms with Gasteiger partial charge in [-0.3, -0.25) is 4.55 Å². The Balaban J connectivity index is 3.29. The number of hydrogen-bond acceptors (Lipinski definition) is 2. The van der Waals surface area contributed by atoms with E-state index in [0.717, 1.165) is 18.4 Å². The van der Waals surface area contributed by atoms with E-state index in [0.29, 0.717) is 5.56 Å². The molecule has 0 unspecified atom stereocenters. The van der Waals surface area contributed by atoms with Crippen LogP contribution in [0.25, 0.3) is 0 Å². The lowest BCUT2D eigenvalue weighted by Crippen LogP contribution is -2.06. The molecule has 0 spiro atoms. The maximum Gasteiger partial charge on any atom is 0.294 e. The Morgan fingerprint density at radius 2 is 2.00 bits per heavy atom.